The van der Waals surface area contributed by atoms with Gasteiger partial charge in [0.1, 0.15) is 17.8 Å². The van der Waals surface area contributed by atoms with Crippen molar-refractivity contribution < 1.29 is 13.7 Å². The van der Waals surface area contributed by atoms with Gasteiger partial charge in [0.2, 0.25) is 0 Å². The van der Waals surface area contributed by atoms with E-state index in [1.165, 1.54) is 0 Å². The predicted molar refractivity (Wildman–Crippen MR) is 80.4 cm³/mol. The standard InChI is InChI=1S/C15H13ClN2O3/c1-8-5-9(7-20-8)14-13(15(17)18-21-14)11-6-10(16)3-4-12(11)19-2/h3-7H,1-2H3,(H2,17,18). The molecule has 0 spiro atoms. The Morgan fingerprint density at radius 3 is 2.76 bits per heavy atom. The molecule has 0 saturated heterocycles. The third kappa shape index (κ3) is 2.36. The number of anilines is 1. The van der Waals surface area contributed by atoms with E-state index in [-0.39, 0.29) is 5.82 Å². The first-order valence-electron chi connectivity index (χ1n) is 6.24. The monoisotopic (exact) mass is 304 g/mol. The molecule has 2 aromatic heterocycles. The number of methoxy groups -OCH3 is 1. The molecule has 0 aliphatic heterocycles. The van der Waals surface area contributed by atoms with E-state index in [1.807, 2.05) is 13.0 Å². The van der Waals surface area contributed by atoms with E-state index in [1.54, 1.807) is 31.6 Å². The van der Waals surface area contributed by atoms with Gasteiger partial charge >= 0.3 is 0 Å². The molecule has 0 saturated carbocycles. The summed E-state index contributed by atoms with van der Waals surface area (Å²) < 4.78 is 16.0. The SMILES string of the molecule is COc1ccc(Cl)cc1-c1c(N)noc1-c1coc(C)c1. The van der Waals surface area contributed by atoms with Crippen LogP contribution in [0.3, 0.4) is 0 Å². The molecule has 3 rings (SSSR count). The van der Waals surface area contributed by atoms with E-state index in [0.717, 1.165) is 16.9 Å². The molecule has 6 heteroatoms. The van der Waals surface area contributed by atoms with Crippen molar-refractivity contribution in [2.75, 3.05) is 12.8 Å². The Bertz CT molecular complexity index is 792. The average Bonchev–Trinajstić information content (AvgIpc) is 3.04. The summed E-state index contributed by atoms with van der Waals surface area (Å²) in [6.45, 7) is 1.85. The third-order valence-electron chi connectivity index (χ3n) is 3.14. The maximum absolute atomic E-state index is 6.08. The summed E-state index contributed by atoms with van der Waals surface area (Å²) in [6.07, 6.45) is 1.59. The summed E-state index contributed by atoms with van der Waals surface area (Å²) in [5.74, 6) is 2.19. The van der Waals surface area contributed by atoms with E-state index in [9.17, 15) is 0 Å². The Kier molecular flexibility index (Phi) is 3.35. The van der Waals surface area contributed by atoms with Crippen molar-refractivity contribution in [1.29, 1.82) is 0 Å². The summed E-state index contributed by atoms with van der Waals surface area (Å²) in [7, 11) is 1.58. The molecular weight excluding hydrogens is 292 g/mol. The number of halogens is 1. The number of nitrogens with two attached hydrogens (primary N) is 1. The van der Waals surface area contributed by atoms with E-state index >= 15 is 0 Å². The summed E-state index contributed by atoms with van der Waals surface area (Å²) in [5.41, 5.74) is 8.07. The molecule has 108 valence electrons. The fourth-order valence-electron chi connectivity index (χ4n) is 2.20. The van der Waals surface area contributed by atoms with Gasteiger partial charge in [-0.1, -0.05) is 16.8 Å². The van der Waals surface area contributed by atoms with Crippen LogP contribution in [0.2, 0.25) is 5.02 Å². The van der Waals surface area contributed by atoms with Crippen molar-refractivity contribution >= 4 is 17.4 Å². The van der Waals surface area contributed by atoms with Crippen LogP contribution < -0.4 is 10.5 Å². The highest BCUT2D eigenvalue weighted by atomic mass is 35.5. The lowest BCUT2D eigenvalue weighted by atomic mass is 10.0. The highest BCUT2D eigenvalue weighted by molar-refractivity contribution is 6.31. The van der Waals surface area contributed by atoms with Gasteiger partial charge in [-0.2, -0.15) is 0 Å². The number of hydrogen-bond donors (Lipinski definition) is 1. The maximum Gasteiger partial charge on any atom is 0.180 e. The van der Waals surface area contributed by atoms with Crippen LogP contribution in [-0.2, 0) is 0 Å². The number of nitrogen functional groups attached to an aromatic ring is 1. The van der Waals surface area contributed by atoms with Crippen molar-refractivity contribution in [3.8, 4) is 28.2 Å². The molecular formula is C15H13ClN2O3. The molecule has 0 unspecified atom stereocenters. The van der Waals surface area contributed by atoms with Gasteiger partial charge in [0.25, 0.3) is 0 Å². The van der Waals surface area contributed by atoms with Crippen LogP contribution in [0.1, 0.15) is 5.76 Å². The Balaban J connectivity index is 2.24. The maximum atomic E-state index is 6.08. The van der Waals surface area contributed by atoms with Gasteiger partial charge in [-0.3, -0.25) is 0 Å². The lowest BCUT2D eigenvalue weighted by molar-refractivity contribution is 0.416. The lowest BCUT2D eigenvalue weighted by Crippen LogP contribution is -1.92. The predicted octanol–water partition coefficient (Wildman–Crippen LogP) is 4.15. The Labute approximate surface area is 126 Å². The first kappa shape index (κ1) is 13.6. The Morgan fingerprint density at radius 1 is 1.29 bits per heavy atom. The topological polar surface area (TPSA) is 74.4 Å². The number of ether oxygens (including phenoxy) is 1. The number of aryl methyl sites for hydroxylation is 1. The minimum atomic E-state index is 0.268. The molecule has 0 bridgehead atoms. The molecule has 21 heavy (non-hydrogen) atoms. The number of furan rings is 1. The van der Waals surface area contributed by atoms with Crippen molar-refractivity contribution in [2.24, 2.45) is 0 Å². The van der Waals surface area contributed by atoms with Crippen LogP contribution >= 0.6 is 11.6 Å². The Morgan fingerprint density at radius 2 is 2.10 bits per heavy atom. The molecule has 0 radical (unpaired) electrons. The zero-order valence-electron chi connectivity index (χ0n) is 11.5. The van der Waals surface area contributed by atoms with Crippen molar-refractivity contribution in [1.82, 2.24) is 5.16 Å². The van der Waals surface area contributed by atoms with E-state index in [0.29, 0.717) is 22.1 Å². The summed E-state index contributed by atoms with van der Waals surface area (Å²) in [6, 6.07) is 7.13. The molecule has 0 aliphatic rings. The normalized spacial score (nSPS) is 10.8. The van der Waals surface area contributed by atoms with Gasteiger partial charge in [0, 0.05) is 10.6 Å². The number of aromatic nitrogens is 1. The van der Waals surface area contributed by atoms with Crippen LogP contribution in [-0.4, -0.2) is 12.3 Å². The molecule has 2 heterocycles. The minimum absolute atomic E-state index is 0.268. The molecule has 0 amide bonds. The lowest BCUT2D eigenvalue weighted by Gasteiger charge is -2.08. The second kappa shape index (κ2) is 5.18. The molecule has 0 fully saturated rings. The van der Waals surface area contributed by atoms with E-state index in [2.05, 4.69) is 5.16 Å². The zero-order valence-corrected chi connectivity index (χ0v) is 12.3. The fourth-order valence-corrected chi connectivity index (χ4v) is 2.37. The van der Waals surface area contributed by atoms with Gasteiger partial charge in [0.05, 0.1) is 18.2 Å². The second-order valence-electron chi connectivity index (χ2n) is 4.56. The van der Waals surface area contributed by atoms with Crippen molar-refractivity contribution in [3.63, 3.8) is 0 Å². The van der Waals surface area contributed by atoms with Crippen LogP contribution in [0.5, 0.6) is 5.75 Å². The largest absolute Gasteiger partial charge is 0.496 e. The molecule has 1 aromatic carbocycles. The first-order chi connectivity index (χ1) is 10.1. The third-order valence-corrected chi connectivity index (χ3v) is 3.38. The van der Waals surface area contributed by atoms with Crippen LogP contribution in [0.15, 0.2) is 39.5 Å². The highest BCUT2D eigenvalue weighted by Gasteiger charge is 2.22. The minimum Gasteiger partial charge on any atom is -0.496 e. The van der Waals surface area contributed by atoms with Crippen LogP contribution in [0.4, 0.5) is 5.82 Å². The molecule has 2 N–H and O–H groups in total. The highest BCUT2D eigenvalue weighted by Crippen LogP contribution is 2.42. The number of hydrogen-bond acceptors (Lipinski definition) is 5. The van der Waals surface area contributed by atoms with Gasteiger partial charge < -0.3 is 19.4 Å². The smallest absolute Gasteiger partial charge is 0.180 e. The van der Waals surface area contributed by atoms with E-state index in [4.69, 9.17) is 31.0 Å². The first-order valence-corrected chi connectivity index (χ1v) is 6.62. The fraction of sp³-hybridized carbons (Fsp3) is 0.133. The van der Waals surface area contributed by atoms with Crippen LogP contribution in [0, 0.1) is 6.92 Å². The van der Waals surface area contributed by atoms with Crippen molar-refractivity contribution in [3.05, 3.63) is 41.3 Å². The molecule has 0 aliphatic carbocycles. The summed E-state index contributed by atoms with van der Waals surface area (Å²) in [4.78, 5) is 0. The molecule has 5 nitrogen and oxygen atoms in total. The Hall–Kier alpha value is -2.40. The number of nitrogens with zero attached hydrogens (tertiary/aromatic N) is 1. The second-order valence-corrected chi connectivity index (χ2v) is 5.00. The quantitative estimate of drug-likeness (QED) is 0.786. The summed E-state index contributed by atoms with van der Waals surface area (Å²) >= 11 is 6.08. The van der Waals surface area contributed by atoms with E-state index < -0.39 is 0 Å². The average molecular weight is 305 g/mol. The molecule has 0 atom stereocenters. The number of benzene rings is 1. The van der Waals surface area contributed by atoms with Gasteiger partial charge in [-0.25, -0.2) is 0 Å². The molecule has 3 aromatic rings. The summed E-state index contributed by atoms with van der Waals surface area (Å²) in [5, 5.41) is 4.42. The number of rotatable bonds is 3. The zero-order chi connectivity index (χ0) is 15.0. The van der Waals surface area contributed by atoms with Gasteiger partial charge in [0.15, 0.2) is 11.6 Å². The van der Waals surface area contributed by atoms with Crippen molar-refractivity contribution in [2.45, 2.75) is 6.92 Å². The van der Waals surface area contributed by atoms with Crippen LogP contribution in [0.25, 0.3) is 22.5 Å². The van der Waals surface area contributed by atoms with Gasteiger partial charge in [-0.05, 0) is 31.2 Å². The van der Waals surface area contributed by atoms with Gasteiger partial charge in [-0.15, -0.1) is 0 Å².